The van der Waals surface area contributed by atoms with Crippen LogP contribution in [-0.4, -0.2) is 12.6 Å². The van der Waals surface area contributed by atoms with E-state index in [0.717, 1.165) is 12.8 Å². The van der Waals surface area contributed by atoms with Crippen LogP contribution in [0.15, 0.2) is 0 Å². The second-order valence-corrected chi connectivity index (χ2v) is 13.2. The van der Waals surface area contributed by atoms with Crippen LogP contribution in [0, 0.1) is 5.92 Å². The molecule has 1 atom stereocenters. The smallest absolute Gasteiger partial charge is 0.305 e. The molecule has 40 heavy (non-hydrogen) atoms. The lowest BCUT2D eigenvalue weighted by molar-refractivity contribution is -0.144. The van der Waals surface area contributed by atoms with Crippen molar-refractivity contribution in [1.82, 2.24) is 0 Å². The first-order valence-corrected chi connectivity index (χ1v) is 18.9. The summed E-state index contributed by atoms with van der Waals surface area (Å²) in [5, 5.41) is 0. The minimum absolute atomic E-state index is 0.0253. The van der Waals surface area contributed by atoms with Crippen LogP contribution in [0.25, 0.3) is 0 Å². The van der Waals surface area contributed by atoms with Gasteiger partial charge in [-0.3, -0.25) is 4.79 Å². The van der Waals surface area contributed by atoms with E-state index in [9.17, 15) is 4.79 Å². The quantitative estimate of drug-likeness (QED) is 0.0574. The summed E-state index contributed by atoms with van der Waals surface area (Å²) in [7, 11) is 0. The molecule has 240 valence electrons. The fourth-order valence-corrected chi connectivity index (χ4v) is 5.93. The largest absolute Gasteiger partial charge is 0.466 e. The summed E-state index contributed by atoms with van der Waals surface area (Å²) in [5.41, 5.74) is 0. The number of rotatable bonds is 34. The summed E-state index contributed by atoms with van der Waals surface area (Å²) in [6, 6.07) is 0. The Morgan fingerprint density at radius 1 is 0.425 bits per heavy atom. The molecule has 0 aliphatic rings. The van der Waals surface area contributed by atoms with Crippen molar-refractivity contribution in [3.63, 3.8) is 0 Å². The first kappa shape index (κ1) is 39.5. The van der Waals surface area contributed by atoms with Gasteiger partial charge in [-0.1, -0.05) is 207 Å². The highest BCUT2D eigenvalue weighted by molar-refractivity contribution is 5.69. The molecule has 0 aromatic carbocycles. The predicted octanol–water partition coefficient (Wildman–Crippen LogP) is 13.7. The highest BCUT2D eigenvalue weighted by Gasteiger charge is 2.08. The lowest BCUT2D eigenvalue weighted by atomic mass is 9.97. The second kappa shape index (κ2) is 34.7. The lowest BCUT2D eigenvalue weighted by Gasteiger charge is -2.11. The van der Waals surface area contributed by atoms with Crippen molar-refractivity contribution in [3.8, 4) is 0 Å². The van der Waals surface area contributed by atoms with Gasteiger partial charge in [-0.15, -0.1) is 0 Å². The van der Waals surface area contributed by atoms with Gasteiger partial charge < -0.3 is 4.74 Å². The third-order valence-corrected chi connectivity index (χ3v) is 8.90. The maximum Gasteiger partial charge on any atom is 0.305 e. The fourth-order valence-electron chi connectivity index (χ4n) is 5.93. The van der Waals surface area contributed by atoms with Crippen LogP contribution in [0.5, 0.6) is 0 Å². The number of unbranched alkanes of at least 4 members (excludes halogenated alkanes) is 27. The third-order valence-electron chi connectivity index (χ3n) is 8.90. The first-order chi connectivity index (χ1) is 19.7. The number of carbonyl (C=O) groups is 1. The maximum absolute atomic E-state index is 12.1. The fraction of sp³-hybridized carbons (Fsp3) is 0.974. The number of hydrogen-bond acceptors (Lipinski definition) is 2. The Bertz CT molecular complexity index is 474. The molecule has 0 bridgehead atoms. The lowest BCUT2D eigenvalue weighted by Crippen LogP contribution is -2.08. The molecular weight excluding hydrogens is 488 g/mol. The molecule has 1 unspecified atom stereocenters. The van der Waals surface area contributed by atoms with Crippen LogP contribution >= 0.6 is 0 Å². The minimum Gasteiger partial charge on any atom is -0.466 e. The SMILES string of the molecule is CCCCCCCCCCCCCCCCCCCC(C)CCC(=O)OCCCCCCCCCCCCCC. The number of esters is 1. The molecular formula is C38H76O2. The molecule has 0 saturated heterocycles. The van der Waals surface area contributed by atoms with Gasteiger partial charge >= 0.3 is 5.97 Å². The molecule has 0 aromatic rings. The van der Waals surface area contributed by atoms with E-state index < -0.39 is 0 Å². The predicted molar refractivity (Wildman–Crippen MR) is 179 cm³/mol. The zero-order chi connectivity index (χ0) is 29.2. The number of carbonyl (C=O) groups excluding carboxylic acids is 1. The molecule has 0 radical (unpaired) electrons. The first-order valence-electron chi connectivity index (χ1n) is 18.9. The van der Waals surface area contributed by atoms with Crippen LogP contribution in [0.2, 0.25) is 0 Å². The summed E-state index contributed by atoms with van der Waals surface area (Å²) in [6.45, 7) is 7.52. The average molecular weight is 565 g/mol. The van der Waals surface area contributed by atoms with E-state index in [1.165, 1.54) is 186 Å². The van der Waals surface area contributed by atoms with E-state index in [1.54, 1.807) is 0 Å². The van der Waals surface area contributed by atoms with Crippen molar-refractivity contribution < 1.29 is 9.53 Å². The molecule has 0 aliphatic heterocycles. The van der Waals surface area contributed by atoms with Gasteiger partial charge in [-0.05, 0) is 18.8 Å². The van der Waals surface area contributed by atoms with Crippen LogP contribution in [0.3, 0.4) is 0 Å². The molecule has 0 N–H and O–H groups in total. The normalized spacial score (nSPS) is 12.2. The number of ether oxygens (including phenoxy) is 1. The highest BCUT2D eigenvalue weighted by atomic mass is 16.5. The van der Waals surface area contributed by atoms with Gasteiger partial charge in [0.05, 0.1) is 6.61 Å². The molecule has 0 aliphatic carbocycles. The summed E-state index contributed by atoms with van der Waals surface area (Å²) in [5.74, 6) is 0.674. The van der Waals surface area contributed by atoms with Crippen LogP contribution in [0.4, 0.5) is 0 Å². The Kier molecular flexibility index (Phi) is 34.2. The van der Waals surface area contributed by atoms with E-state index in [-0.39, 0.29) is 5.97 Å². The van der Waals surface area contributed by atoms with Gasteiger partial charge in [0.25, 0.3) is 0 Å². The van der Waals surface area contributed by atoms with Crippen LogP contribution in [-0.2, 0) is 9.53 Å². The Morgan fingerprint density at radius 3 is 1.07 bits per heavy atom. The summed E-state index contributed by atoms with van der Waals surface area (Å²) < 4.78 is 5.48. The van der Waals surface area contributed by atoms with Crippen molar-refractivity contribution in [2.75, 3.05) is 6.61 Å². The standard InChI is InChI=1S/C38H76O2/c1-4-6-8-10-12-14-16-18-19-20-21-22-23-25-27-29-31-33-37(3)34-35-38(39)40-36-32-30-28-26-24-17-15-13-11-9-7-5-2/h37H,4-36H2,1-3H3. The maximum atomic E-state index is 12.1. The van der Waals surface area contributed by atoms with E-state index in [4.69, 9.17) is 4.74 Å². The molecule has 2 nitrogen and oxygen atoms in total. The Labute approximate surface area is 254 Å². The van der Waals surface area contributed by atoms with Gasteiger partial charge in [0.2, 0.25) is 0 Å². The average Bonchev–Trinajstić information content (AvgIpc) is 2.96. The van der Waals surface area contributed by atoms with Crippen molar-refractivity contribution in [2.24, 2.45) is 5.92 Å². The summed E-state index contributed by atoms with van der Waals surface area (Å²) in [4.78, 5) is 12.1. The van der Waals surface area contributed by atoms with Gasteiger partial charge in [0.15, 0.2) is 0 Å². The van der Waals surface area contributed by atoms with Crippen molar-refractivity contribution in [3.05, 3.63) is 0 Å². The number of hydrogen-bond donors (Lipinski definition) is 0. The molecule has 0 amide bonds. The van der Waals surface area contributed by atoms with E-state index in [1.807, 2.05) is 0 Å². The van der Waals surface area contributed by atoms with Gasteiger partial charge in [0, 0.05) is 6.42 Å². The zero-order valence-corrected chi connectivity index (χ0v) is 28.2. The molecule has 0 spiro atoms. The Hall–Kier alpha value is -0.530. The summed E-state index contributed by atoms with van der Waals surface area (Å²) >= 11 is 0. The molecule has 0 rings (SSSR count). The molecule has 0 fully saturated rings. The molecule has 0 saturated carbocycles. The van der Waals surface area contributed by atoms with E-state index in [2.05, 4.69) is 20.8 Å². The van der Waals surface area contributed by atoms with Crippen molar-refractivity contribution in [1.29, 1.82) is 0 Å². The minimum atomic E-state index is 0.0253. The van der Waals surface area contributed by atoms with Gasteiger partial charge in [0.1, 0.15) is 0 Å². The van der Waals surface area contributed by atoms with Crippen molar-refractivity contribution in [2.45, 2.75) is 226 Å². The molecule has 0 aromatic heterocycles. The Balaban J connectivity index is 3.26. The van der Waals surface area contributed by atoms with E-state index in [0.29, 0.717) is 18.9 Å². The van der Waals surface area contributed by atoms with Crippen molar-refractivity contribution >= 4 is 5.97 Å². The summed E-state index contributed by atoms with van der Waals surface area (Å²) in [6.07, 6.45) is 43.3. The van der Waals surface area contributed by atoms with Crippen LogP contribution < -0.4 is 0 Å². The van der Waals surface area contributed by atoms with Gasteiger partial charge in [-0.2, -0.15) is 0 Å². The second-order valence-electron chi connectivity index (χ2n) is 13.2. The monoisotopic (exact) mass is 565 g/mol. The molecule has 0 heterocycles. The zero-order valence-electron chi connectivity index (χ0n) is 28.2. The molecule has 2 heteroatoms. The van der Waals surface area contributed by atoms with Crippen LogP contribution in [0.1, 0.15) is 226 Å². The van der Waals surface area contributed by atoms with Gasteiger partial charge in [-0.25, -0.2) is 0 Å². The third kappa shape index (κ3) is 33.7. The van der Waals surface area contributed by atoms with E-state index >= 15 is 0 Å². The highest BCUT2D eigenvalue weighted by Crippen LogP contribution is 2.18. The Morgan fingerprint density at radius 2 is 0.725 bits per heavy atom. The topological polar surface area (TPSA) is 26.3 Å².